The highest BCUT2D eigenvalue weighted by Gasteiger charge is 2.05. The Hall–Kier alpha value is -2.05. The molecule has 1 aromatic carbocycles. The van der Waals surface area contributed by atoms with E-state index in [9.17, 15) is 4.79 Å². The summed E-state index contributed by atoms with van der Waals surface area (Å²) in [5.74, 6) is -0.329. The molecule has 1 aliphatic carbocycles. The summed E-state index contributed by atoms with van der Waals surface area (Å²) in [4.78, 5) is 11.4. The van der Waals surface area contributed by atoms with Crippen molar-refractivity contribution < 1.29 is 9.53 Å². The van der Waals surface area contributed by atoms with Crippen molar-refractivity contribution in [1.82, 2.24) is 0 Å². The van der Waals surface area contributed by atoms with Crippen LogP contribution in [0.15, 0.2) is 42.0 Å². The fraction of sp³-hybridized carbons (Fsp3) is 0.0769. The molecule has 1 aliphatic rings. The van der Waals surface area contributed by atoms with Crippen LogP contribution in [0.4, 0.5) is 0 Å². The van der Waals surface area contributed by atoms with E-state index in [2.05, 4.69) is 10.5 Å². The van der Waals surface area contributed by atoms with E-state index in [-0.39, 0.29) is 5.97 Å². The molecule has 74 valence electrons. The maximum atomic E-state index is 11.4. The van der Waals surface area contributed by atoms with E-state index in [0.29, 0.717) is 5.57 Å². The van der Waals surface area contributed by atoms with Gasteiger partial charge in [0.2, 0.25) is 0 Å². The molecule has 0 aromatic heterocycles. The van der Waals surface area contributed by atoms with Crippen LogP contribution in [0.5, 0.6) is 0 Å². The van der Waals surface area contributed by atoms with E-state index >= 15 is 0 Å². The third kappa shape index (κ3) is 1.90. The summed E-state index contributed by atoms with van der Waals surface area (Å²) >= 11 is 0. The lowest BCUT2D eigenvalue weighted by Gasteiger charge is -1.97. The second-order valence-corrected chi connectivity index (χ2v) is 3.16. The lowest BCUT2D eigenvalue weighted by molar-refractivity contribution is -0.135. The second-order valence-electron chi connectivity index (χ2n) is 3.16. The first kappa shape index (κ1) is 9.50. The maximum Gasteiger partial charge on any atom is 0.337 e. The molecule has 0 unspecified atom stereocenters. The highest BCUT2D eigenvalue weighted by molar-refractivity contribution is 5.98. The number of esters is 1. The lowest BCUT2D eigenvalue weighted by Crippen LogP contribution is -2.23. The summed E-state index contributed by atoms with van der Waals surface area (Å²) < 4.78 is 4.67. The highest BCUT2D eigenvalue weighted by atomic mass is 16.5. The number of carbonyl (C=O) groups is 1. The van der Waals surface area contributed by atoms with Gasteiger partial charge in [-0.15, -0.1) is 5.73 Å². The Kier molecular flexibility index (Phi) is 2.53. The Bertz CT molecular complexity index is 573. The summed E-state index contributed by atoms with van der Waals surface area (Å²) in [7, 11) is 1.38. The molecule has 0 N–H and O–H groups in total. The highest BCUT2D eigenvalue weighted by Crippen LogP contribution is 2.00. The van der Waals surface area contributed by atoms with Gasteiger partial charge in [0.15, 0.2) is 0 Å². The van der Waals surface area contributed by atoms with Crippen LogP contribution in [0.3, 0.4) is 0 Å². The normalized spacial score (nSPS) is 12.7. The predicted octanol–water partition coefficient (Wildman–Crippen LogP) is 0.516. The monoisotopic (exact) mass is 198 g/mol. The largest absolute Gasteiger partial charge is 0.465 e. The van der Waals surface area contributed by atoms with E-state index in [1.54, 1.807) is 18.2 Å². The summed E-state index contributed by atoms with van der Waals surface area (Å²) in [5, 5.41) is 1.95. The first-order chi connectivity index (χ1) is 7.31. The number of fused-ring (bicyclic) bond motifs is 1. The average molecular weight is 198 g/mol. The molecule has 2 rings (SSSR count). The molecule has 1 aromatic rings. The topological polar surface area (TPSA) is 26.3 Å². The standard InChI is InChI=1S/C13H10O2/c1-15-13(14)12-8-4-7-10-5-2-3-6-11(10)9-12/h2-6,8-9H,1H3. The summed E-state index contributed by atoms with van der Waals surface area (Å²) in [6.45, 7) is 0. The van der Waals surface area contributed by atoms with Crippen LogP contribution >= 0.6 is 0 Å². The van der Waals surface area contributed by atoms with Gasteiger partial charge in [-0.3, -0.25) is 0 Å². The molecule has 0 saturated carbocycles. The summed E-state index contributed by atoms with van der Waals surface area (Å²) in [5.41, 5.74) is 3.63. The molecular formula is C13H10O2. The van der Waals surface area contributed by atoms with Gasteiger partial charge in [-0.25, -0.2) is 4.79 Å². The number of hydrogen-bond acceptors (Lipinski definition) is 2. The second kappa shape index (κ2) is 3.99. The summed E-state index contributed by atoms with van der Waals surface area (Å²) in [6.07, 6.45) is 5.23. The van der Waals surface area contributed by atoms with E-state index in [0.717, 1.165) is 10.4 Å². The molecule has 0 atom stereocenters. The van der Waals surface area contributed by atoms with Crippen LogP contribution < -0.4 is 10.4 Å². The van der Waals surface area contributed by atoms with Crippen LogP contribution in [0.1, 0.15) is 0 Å². The number of benzene rings is 1. The van der Waals surface area contributed by atoms with Gasteiger partial charge in [0.05, 0.1) is 12.7 Å². The molecular weight excluding hydrogens is 188 g/mol. The molecule has 2 nitrogen and oxygen atoms in total. The van der Waals surface area contributed by atoms with E-state index in [1.807, 2.05) is 24.3 Å². The number of carbonyl (C=O) groups excluding carboxylic acids is 1. The van der Waals surface area contributed by atoms with Gasteiger partial charge in [0, 0.05) is 5.22 Å². The fourth-order valence-corrected chi connectivity index (χ4v) is 1.44. The lowest BCUT2D eigenvalue weighted by atomic mass is 10.2. The van der Waals surface area contributed by atoms with Crippen LogP contribution in [-0.2, 0) is 9.53 Å². The van der Waals surface area contributed by atoms with Crippen LogP contribution in [0.25, 0.3) is 11.8 Å². The van der Waals surface area contributed by atoms with Crippen molar-refractivity contribution in [3.8, 4) is 0 Å². The minimum Gasteiger partial charge on any atom is -0.465 e. The number of ether oxygens (including phenoxy) is 1. The third-order valence-electron chi connectivity index (χ3n) is 2.19. The Balaban J connectivity index is 2.64. The zero-order valence-corrected chi connectivity index (χ0v) is 8.36. The Labute approximate surface area is 87.5 Å². The van der Waals surface area contributed by atoms with Gasteiger partial charge in [0.25, 0.3) is 0 Å². The van der Waals surface area contributed by atoms with Gasteiger partial charge in [0.1, 0.15) is 0 Å². The Morgan fingerprint density at radius 2 is 2.13 bits per heavy atom. The number of hydrogen-bond donors (Lipinski definition) is 0. The minimum atomic E-state index is -0.329. The molecule has 2 heteroatoms. The van der Waals surface area contributed by atoms with Crippen molar-refractivity contribution in [2.45, 2.75) is 0 Å². The van der Waals surface area contributed by atoms with Crippen LogP contribution in [0, 0.1) is 0 Å². The fourth-order valence-electron chi connectivity index (χ4n) is 1.44. The molecule has 0 heterocycles. The van der Waals surface area contributed by atoms with Crippen molar-refractivity contribution in [3.05, 3.63) is 52.4 Å². The quantitative estimate of drug-likeness (QED) is 0.615. The number of methoxy groups -OCH3 is 1. The minimum absolute atomic E-state index is 0.329. The SMILES string of the molecule is COC(=O)C1=CC=C=c2ccccc2=C1. The number of rotatable bonds is 1. The molecule has 0 amide bonds. The smallest absolute Gasteiger partial charge is 0.337 e. The predicted molar refractivity (Wildman–Crippen MR) is 58.2 cm³/mol. The summed E-state index contributed by atoms with van der Waals surface area (Å²) in [6, 6.07) is 7.77. The van der Waals surface area contributed by atoms with Gasteiger partial charge in [-0.1, -0.05) is 18.2 Å². The first-order valence-electron chi connectivity index (χ1n) is 4.63. The van der Waals surface area contributed by atoms with Crippen molar-refractivity contribution >= 4 is 17.8 Å². The third-order valence-corrected chi connectivity index (χ3v) is 2.19. The Morgan fingerprint density at radius 3 is 2.93 bits per heavy atom. The molecule has 0 bridgehead atoms. The molecule has 0 aliphatic heterocycles. The van der Waals surface area contributed by atoms with Gasteiger partial charge in [-0.05, 0) is 29.5 Å². The van der Waals surface area contributed by atoms with Crippen molar-refractivity contribution in [1.29, 1.82) is 0 Å². The van der Waals surface area contributed by atoms with Gasteiger partial charge < -0.3 is 4.74 Å². The zero-order valence-electron chi connectivity index (χ0n) is 8.36. The van der Waals surface area contributed by atoms with Crippen LogP contribution in [-0.4, -0.2) is 13.1 Å². The van der Waals surface area contributed by atoms with Crippen molar-refractivity contribution in [2.75, 3.05) is 7.11 Å². The molecule has 0 radical (unpaired) electrons. The molecule has 0 spiro atoms. The number of allylic oxidation sites excluding steroid dienone is 2. The van der Waals surface area contributed by atoms with E-state index in [4.69, 9.17) is 0 Å². The van der Waals surface area contributed by atoms with E-state index < -0.39 is 0 Å². The van der Waals surface area contributed by atoms with Crippen molar-refractivity contribution in [3.63, 3.8) is 0 Å². The maximum absolute atomic E-state index is 11.4. The molecule has 15 heavy (non-hydrogen) atoms. The van der Waals surface area contributed by atoms with Crippen LogP contribution in [0.2, 0.25) is 0 Å². The van der Waals surface area contributed by atoms with Gasteiger partial charge in [-0.2, -0.15) is 0 Å². The van der Waals surface area contributed by atoms with E-state index in [1.165, 1.54) is 7.11 Å². The Morgan fingerprint density at radius 1 is 1.33 bits per heavy atom. The van der Waals surface area contributed by atoms with Crippen molar-refractivity contribution in [2.24, 2.45) is 0 Å². The zero-order chi connectivity index (χ0) is 10.7. The molecule has 0 fully saturated rings. The first-order valence-corrected chi connectivity index (χ1v) is 4.63. The molecule has 0 saturated heterocycles. The van der Waals surface area contributed by atoms with Gasteiger partial charge >= 0.3 is 5.97 Å². The average Bonchev–Trinajstić information content (AvgIpc) is 2.49.